The lowest BCUT2D eigenvalue weighted by Crippen LogP contribution is -1.97. The molecule has 0 amide bonds. The lowest BCUT2D eigenvalue weighted by atomic mass is 10.1. The van der Waals surface area contributed by atoms with Crippen LogP contribution in [0.1, 0.15) is 11.1 Å². The first-order valence-corrected chi connectivity index (χ1v) is 4.64. The Morgan fingerprint density at radius 2 is 1.93 bits per heavy atom. The molecule has 2 nitrogen and oxygen atoms in total. The van der Waals surface area contributed by atoms with Gasteiger partial charge in [0.05, 0.1) is 0 Å². The topological polar surface area (TPSA) is 24.4 Å². The second kappa shape index (κ2) is 5.22. The van der Waals surface area contributed by atoms with Crippen molar-refractivity contribution in [1.82, 2.24) is 5.32 Å². The number of nitrogens with one attached hydrogen (secondary N) is 1. The molecule has 0 fully saturated rings. The van der Waals surface area contributed by atoms with E-state index in [9.17, 15) is 0 Å². The third-order valence-electron chi connectivity index (χ3n) is 1.95. The minimum atomic E-state index is 1.09. The van der Waals surface area contributed by atoms with Gasteiger partial charge in [-0.05, 0) is 12.5 Å². The third-order valence-corrected chi connectivity index (χ3v) is 1.95. The van der Waals surface area contributed by atoms with E-state index in [1.807, 2.05) is 19.5 Å². The molecule has 1 aromatic carbocycles. The second-order valence-corrected chi connectivity index (χ2v) is 3.14. The summed E-state index contributed by atoms with van der Waals surface area (Å²) in [4.78, 5) is 4.02. The molecular formula is C12H16N2. The Hall–Kier alpha value is -1.57. The first-order chi connectivity index (χ1) is 6.77. The molecule has 0 unspecified atom stereocenters. The number of hydrogen-bond acceptors (Lipinski definition) is 2. The maximum atomic E-state index is 4.02. The fourth-order valence-electron chi connectivity index (χ4n) is 1.24. The van der Waals surface area contributed by atoms with Crippen LogP contribution in [0.25, 0.3) is 5.57 Å². The molecule has 14 heavy (non-hydrogen) atoms. The molecule has 0 aliphatic heterocycles. The molecule has 0 aliphatic carbocycles. The average molecular weight is 188 g/mol. The number of rotatable bonds is 3. The molecule has 0 radical (unpaired) electrons. The van der Waals surface area contributed by atoms with Gasteiger partial charge in [-0.3, -0.25) is 4.99 Å². The SMILES string of the molecule is C/N=C\C(=C/NC)c1ccc(C)cc1. The summed E-state index contributed by atoms with van der Waals surface area (Å²) in [7, 11) is 3.66. The normalized spacial score (nSPS) is 12.1. The largest absolute Gasteiger partial charge is 0.393 e. The van der Waals surface area contributed by atoms with Crippen molar-refractivity contribution >= 4 is 11.8 Å². The molecule has 1 rings (SSSR count). The number of allylic oxidation sites excluding steroid dienone is 1. The summed E-state index contributed by atoms with van der Waals surface area (Å²) < 4.78 is 0. The number of aryl methyl sites for hydroxylation is 1. The monoisotopic (exact) mass is 188 g/mol. The Balaban J connectivity index is 3.00. The van der Waals surface area contributed by atoms with E-state index in [1.54, 1.807) is 7.05 Å². The Bertz CT molecular complexity index is 334. The summed E-state index contributed by atoms with van der Waals surface area (Å²) in [6, 6.07) is 8.39. The van der Waals surface area contributed by atoms with Gasteiger partial charge < -0.3 is 5.32 Å². The van der Waals surface area contributed by atoms with Crippen molar-refractivity contribution in [3.63, 3.8) is 0 Å². The molecule has 0 heterocycles. The molecule has 0 atom stereocenters. The molecular weight excluding hydrogens is 172 g/mol. The second-order valence-electron chi connectivity index (χ2n) is 3.14. The van der Waals surface area contributed by atoms with Crippen LogP contribution in [0.5, 0.6) is 0 Å². The summed E-state index contributed by atoms with van der Waals surface area (Å²) >= 11 is 0. The van der Waals surface area contributed by atoms with Gasteiger partial charge in [0.15, 0.2) is 0 Å². The van der Waals surface area contributed by atoms with Crippen molar-refractivity contribution < 1.29 is 0 Å². The maximum absolute atomic E-state index is 4.02. The molecule has 74 valence electrons. The van der Waals surface area contributed by atoms with E-state index in [4.69, 9.17) is 0 Å². The van der Waals surface area contributed by atoms with Crippen molar-refractivity contribution in [2.45, 2.75) is 6.92 Å². The third kappa shape index (κ3) is 2.73. The fraction of sp³-hybridized carbons (Fsp3) is 0.250. The highest BCUT2D eigenvalue weighted by atomic mass is 14.8. The summed E-state index contributed by atoms with van der Waals surface area (Å²) in [5.41, 5.74) is 3.54. The summed E-state index contributed by atoms with van der Waals surface area (Å²) in [6.45, 7) is 2.08. The highest BCUT2D eigenvalue weighted by Crippen LogP contribution is 2.12. The lowest BCUT2D eigenvalue weighted by molar-refractivity contribution is 1.11. The summed E-state index contributed by atoms with van der Waals surface area (Å²) in [5.74, 6) is 0. The maximum Gasteiger partial charge on any atom is 0.0301 e. The van der Waals surface area contributed by atoms with Gasteiger partial charge in [-0.15, -0.1) is 0 Å². The zero-order chi connectivity index (χ0) is 10.4. The van der Waals surface area contributed by atoms with Gasteiger partial charge >= 0.3 is 0 Å². The van der Waals surface area contributed by atoms with Crippen molar-refractivity contribution in [2.24, 2.45) is 4.99 Å². The highest BCUT2D eigenvalue weighted by molar-refractivity contribution is 6.09. The van der Waals surface area contributed by atoms with Crippen LogP contribution in [0.3, 0.4) is 0 Å². The van der Waals surface area contributed by atoms with Crippen LogP contribution in [0.4, 0.5) is 0 Å². The summed E-state index contributed by atoms with van der Waals surface area (Å²) in [5, 5.41) is 3.01. The molecule has 1 N–H and O–H groups in total. The zero-order valence-electron chi connectivity index (χ0n) is 8.91. The van der Waals surface area contributed by atoms with Crippen molar-refractivity contribution in [1.29, 1.82) is 0 Å². The Morgan fingerprint density at radius 1 is 1.29 bits per heavy atom. The minimum absolute atomic E-state index is 1.09. The molecule has 2 heteroatoms. The highest BCUT2D eigenvalue weighted by Gasteiger charge is 1.96. The number of nitrogens with zero attached hydrogens (tertiary/aromatic N) is 1. The smallest absolute Gasteiger partial charge is 0.0301 e. The van der Waals surface area contributed by atoms with Crippen LogP contribution in [0.2, 0.25) is 0 Å². The molecule has 0 aliphatic rings. The van der Waals surface area contributed by atoms with Crippen molar-refractivity contribution in [3.8, 4) is 0 Å². The van der Waals surface area contributed by atoms with Crippen LogP contribution in [-0.2, 0) is 0 Å². The quantitative estimate of drug-likeness (QED) is 0.723. The lowest BCUT2D eigenvalue weighted by Gasteiger charge is -2.02. The van der Waals surface area contributed by atoms with Crippen LogP contribution in [0.15, 0.2) is 35.5 Å². The van der Waals surface area contributed by atoms with Gasteiger partial charge in [-0.1, -0.05) is 29.8 Å². The number of aliphatic imine (C=N–C) groups is 1. The molecule has 1 aromatic rings. The first-order valence-electron chi connectivity index (χ1n) is 4.64. The van der Waals surface area contributed by atoms with Gasteiger partial charge in [0.1, 0.15) is 0 Å². The minimum Gasteiger partial charge on any atom is -0.393 e. The molecule has 0 bridgehead atoms. The average Bonchev–Trinajstić information content (AvgIpc) is 2.19. The van der Waals surface area contributed by atoms with Crippen molar-refractivity contribution in [3.05, 3.63) is 41.6 Å². The van der Waals surface area contributed by atoms with Gasteiger partial charge in [-0.25, -0.2) is 0 Å². The molecule has 0 aromatic heterocycles. The first kappa shape index (κ1) is 10.5. The van der Waals surface area contributed by atoms with E-state index in [1.165, 1.54) is 11.1 Å². The van der Waals surface area contributed by atoms with Gasteiger partial charge in [-0.2, -0.15) is 0 Å². The predicted molar refractivity (Wildman–Crippen MR) is 62.6 cm³/mol. The van der Waals surface area contributed by atoms with E-state index in [-0.39, 0.29) is 0 Å². The van der Waals surface area contributed by atoms with Gasteiger partial charge in [0.2, 0.25) is 0 Å². The van der Waals surface area contributed by atoms with Crippen LogP contribution >= 0.6 is 0 Å². The zero-order valence-corrected chi connectivity index (χ0v) is 8.91. The van der Waals surface area contributed by atoms with E-state index >= 15 is 0 Å². The van der Waals surface area contributed by atoms with Gasteiger partial charge in [0, 0.05) is 32.1 Å². The van der Waals surface area contributed by atoms with Crippen molar-refractivity contribution in [2.75, 3.05) is 14.1 Å². The van der Waals surface area contributed by atoms with E-state index in [2.05, 4.69) is 41.5 Å². The van der Waals surface area contributed by atoms with Crippen LogP contribution in [0, 0.1) is 6.92 Å². The Labute approximate surface area is 85.4 Å². The molecule has 0 saturated carbocycles. The fourth-order valence-corrected chi connectivity index (χ4v) is 1.24. The molecule has 0 spiro atoms. The Kier molecular flexibility index (Phi) is 3.92. The van der Waals surface area contributed by atoms with E-state index < -0.39 is 0 Å². The number of benzene rings is 1. The van der Waals surface area contributed by atoms with Crippen LogP contribution in [-0.4, -0.2) is 20.3 Å². The van der Waals surface area contributed by atoms with E-state index in [0.29, 0.717) is 0 Å². The standard InChI is InChI=1S/C12H16N2/c1-10-4-6-11(7-5-10)12(8-13-2)9-14-3/h4-9,13H,1-3H3/b12-8+,14-9-. The molecule has 0 saturated heterocycles. The number of hydrogen-bond donors (Lipinski definition) is 1. The van der Waals surface area contributed by atoms with Gasteiger partial charge in [0.25, 0.3) is 0 Å². The predicted octanol–water partition coefficient (Wildman–Crippen LogP) is 2.26. The van der Waals surface area contributed by atoms with E-state index in [0.717, 1.165) is 5.57 Å². The van der Waals surface area contributed by atoms with Crippen LogP contribution < -0.4 is 5.32 Å². The Morgan fingerprint density at radius 3 is 2.43 bits per heavy atom. The summed E-state index contributed by atoms with van der Waals surface area (Å²) in [6.07, 6.45) is 3.79.